The molecule has 0 aromatic rings. The smallest absolute Gasteiger partial charge is 0.355 e. The highest BCUT2D eigenvalue weighted by molar-refractivity contribution is 9.12. The van der Waals surface area contributed by atoms with Crippen molar-refractivity contribution in [3.63, 3.8) is 0 Å². The Morgan fingerprint density at radius 3 is 2.84 bits per heavy atom. The van der Waals surface area contributed by atoms with Gasteiger partial charge in [0.15, 0.2) is 11.3 Å². The number of hydrogen-bond acceptors (Lipinski definition) is 6. The van der Waals surface area contributed by atoms with Crippen molar-refractivity contribution in [1.29, 1.82) is 0 Å². The molecule has 19 heavy (non-hydrogen) atoms. The molecule has 0 bridgehead atoms. The lowest BCUT2D eigenvalue weighted by atomic mass is 9.82. The number of rotatable bonds is 2. The van der Waals surface area contributed by atoms with E-state index in [4.69, 9.17) is 9.57 Å². The summed E-state index contributed by atoms with van der Waals surface area (Å²) < 4.78 is 10.3. The molecule has 1 spiro atoms. The summed E-state index contributed by atoms with van der Waals surface area (Å²) in [5.74, 6) is 0.0566. The van der Waals surface area contributed by atoms with Crippen LogP contribution in [0.1, 0.15) is 12.8 Å². The van der Waals surface area contributed by atoms with Gasteiger partial charge in [-0.15, -0.1) is 0 Å². The summed E-state index contributed by atoms with van der Waals surface area (Å²) in [4.78, 5) is 16.7. The van der Waals surface area contributed by atoms with E-state index < -0.39 is 17.7 Å². The number of halogens is 2. The first-order chi connectivity index (χ1) is 8.95. The molecule has 2 rings (SSSR count). The van der Waals surface area contributed by atoms with Crippen molar-refractivity contribution in [3.05, 3.63) is 10.2 Å². The highest BCUT2D eigenvalue weighted by Gasteiger charge is 2.54. The average molecular weight is 399 g/mol. The zero-order chi connectivity index (χ0) is 14.2. The number of allylic oxidation sites excluding steroid dienone is 1. The number of carbonyl (C=O) groups is 1. The SMILES string of the molecule is COC(=O)C1=NO[C@]2(C1)CC(Br)C(OC)=C(Br)[C@H]2O. The van der Waals surface area contributed by atoms with Crippen LogP contribution in [0.5, 0.6) is 0 Å². The highest BCUT2D eigenvalue weighted by Crippen LogP contribution is 2.45. The quantitative estimate of drug-likeness (QED) is 0.562. The second kappa shape index (κ2) is 5.41. The van der Waals surface area contributed by atoms with Gasteiger partial charge in [0.2, 0.25) is 0 Å². The second-order valence-corrected chi connectivity index (χ2v) is 6.31. The maximum absolute atomic E-state index is 11.5. The van der Waals surface area contributed by atoms with E-state index in [2.05, 4.69) is 41.8 Å². The summed E-state index contributed by atoms with van der Waals surface area (Å²) in [6.45, 7) is 0. The zero-order valence-electron chi connectivity index (χ0n) is 10.4. The first kappa shape index (κ1) is 14.8. The van der Waals surface area contributed by atoms with E-state index in [9.17, 15) is 9.90 Å². The lowest BCUT2D eigenvalue weighted by Gasteiger charge is -2.38. The van der Waals surface area contributed by atoms with Crippen molar-refractivity contribution in [2.75, 3.05) is 14.2 Å². The Hall–Kier alpha value is -0.600. The predicted molar refractivity (Wildman–Crippen MR) is 74.2 cm³/mol. The number of oxime groups is 1. The predicted octanol–water partition coefficient (Wildman–Crippen LogP) is 1.46. The number of methoxy groups -OCH3 is 2. The van der Waals surface area contributed by atoms with Crippen molar-refractivity contribution in [3.8, 4) is 0 Å². The monoisotopic (exact) mass is 397 g/mol. The van der Waals surface area contributed by atoms with Crippen LogP contribution >= 0.6 is 31.9 Å². The van der Waals surface area contributed by atoms with Crippen molar-refractivity contribution in [1.82, 2.24) is 0 Å². The molecule has 8 heteroatoms. The van der Waals surface area contributed by atoms with Gasteiger partial charge in [0.25, 0.3) is 0 Å². The summed E-state index contributed by atoms with van der Waals surface area (Å²) in [5.41, 5.74) is -0.805. The van der Waals surface area contributed by atoms with Crippen molar-refractivity contribution >= 4 is 43.5 Å². The minimum atomic E-state index is -0.974. The Bertz CT molecular complexity index is 464. The summed E-state index contributed by atoms with van der Waals surface area (Å²) in [6.07, 6.45) is -0.340. The standard InChI is InChI=1S/C11H13Br2NO5/c1-17-8-5(12)3-11(9(15)7(8)13)4-6(14-19-11)10(16)18-2/h5,9,15H,3-4H2,1-2H3/t5?,9-,11+/m1/s1. The van der Waals surface area contributed by atoms with Gasteiger partial charge in [-0.25, -0.2) is 4.79 Å². The van der Waals surface area contributed by atoms with Crippen LogP contribution in [0.25, 0.3) is 0 Å². The van der Waals surface area contributed by atoms with Gasteiger partial charge < -0.3 is 19.4 Å². The van der Waals surface area contributed by atoms with Gasteiger partial charge in [-0.1, -0.05) is 21.1 Å². The van der Waals surface area contributed by atoms with E-state index in [1.807, 2.05) is 0 Å². The van der Waals surface area contributed by atoms with Crippen LogP contribution in [0.15, 0.2) is 15.4 Å². The van der Waals surface area contributed by atoms with E-state index in [0.29, 0.717) is 16.7 Å². The molecule has 0 aromatic carbocycles. The fourth-order valence-electron chi connectivity index (χ4n) is 2.23. The molecule has 6 nitrogen and oxygen atoms in total. The third-order valence-corrected chi connectivity index (χ3v) is 4.79. The Balaban J connectivity index is 2.25. The van der Waals surface area contributed by atoms with Gasteiger partial charge in [0.1, 0.15) is 11.9 Å². The molecule has 2 aliphatic rings. The van der Waals surface area contributed by atoms with E-state index in [-0.39, 0.29) is 17.0 Å². The highest BCUT2D eigenvalue weighted by atomic mass is 79.9. The van der Waals surface area contributed by atoms with E-state index in [1.165, 1.54) is 14.2 Å². The molecule has 1 N–H and O–H groups in total. The van der Waals surface area contributed by atoms with Crippen LogP contribution in [0.2, 0.25) is 0 Å². The Labute approximate surface area is 127 Å². The van der Waals surface area contributed by atoms with Gasteiger partial charge in [0.05, 0.1) is 23.5 Å². The van der Waals surface area contributed by atoms with Gasteiger partial charge in [0, 0.05) is 12.8 Å². The molecule has 0 radical (unpaired) electrons. The number of aliphatic hydroxyl groups is 1. The third kappa shape index (κ3) is 2.41. The van der Waals surface area contributed by atoms with E-state index in [0.717, 1.165) is 0 Å². The van der Waals surface area contributed by atoms with Crippen LogP contribution in [-0.2, 0) is 19.1 Å². The molecule has 0 saturated carbocycles. The molecule has 0 amide bonds. The number of aliphatic hydroxyl groups excluding tert-OH is 1. The molecule has 3 atom stereocenters. The third-order valence-electron chi connectivity index (χ3n) is 3.23. The van der Waals surface area contributed by atoms with Crippen LogP contribution in [0.4, 0.5) is 0 Å². The Kier molecular flexibility index (Phi) is 4.22. The Morgan fingerprint density at radius 2 is 2.26 bits per heavy atom. The van der Waals surface area contributed by atoms with Crippen LogP contribution in [0.3, 0.4) is 0 Å². The zero-order valence-corrected chi connectivity index (χ0v) is 13.5. The number of ether oxygens (including phenoxy) is 2. The molecule has 1 aliphatic heterocycles. The van der Waals surface area contributed by atoms with Crippen molar-refractivity contribution in [2.45, 2.75) is 29.4 Å². The molecular weight excluding hydrogens is 386 g/mol. The van der Waals surface area contributed by atoms with Gasteiger partial charge >= 0.3 is 5.97 Å². The van der Waals surface area contributed by atoms with Crippen molar-refractivity contribution in [2.24, 2.45) is 5.16 Å². The number of alkyl halides is 1. The molecule has 1 heterocycles. The molecule has 0 fully saturated rings. The fourth-order valence-corrected chi connectivity index (χ4v) is 4.37. The van der Waals surface area contributed by atoms with Gasteiger partial charge in [-0.3, -0.25) is 0 Å². The fraction of sp³-hybridized carbons (Fsp3) is 0.636. The normalized spacial score (nSPS) is 34.1. The lowest BCUT2D eigenvalue weighted by molar-refractivity contribution is -0.132. The van der Waals surface area contributed by atoms with Gasteiger partial charge in [-0.05, 0) is 15.9 Å². The topological polar surface area (TPSA) is 77.4 Å². The minimum Gasteiger partial charge on any atom is -0.499 e. The summed E-state index contributed by atoms with van der Waals surface area (Å²) in [7, 11) is 2.81. The number of carbonyl (C=O) groups excluding carboxylic acids is 1. The Morgan fingerprint density at radius 1 is 1.58 bits per heavy atom. The molecule has 1 unspecified atom stereocenters. The second-order valence-electron chi connectivity index (χ2n) is 4.35. The first-order valence-electron chi connectivity index (χ1n) is 5.54. The molecular formula is C11H13Br2NO5. The molecule has 0 aromatic heterocycles. The van der Waals surface area contributed by atoms with Crippen LogP contribution in [0, 0.1) is 0 Å². The summed E-state index contributed by atoms with van der Waals surface area (Å²) in [5, 5.41) is 14.1. The van der Waals surface area contributed by atoms with Gasteiger partial charge in [-0.2, -0.15) is 0 Å². The van der Waals surface area contributed by atoms with Crippen LogP contribution < -0.4 is 0 Å². The summed E-state index contributed by atoms with van der Waals surface area (Å²) >= 11 is 6.78. The largest absolute Gasteiger partial charge is 0.499 e. The maximum Gasteiger partial charge on any atom is 0.355 e. The molecule has 106 valence electrons. The molecule has 0 saturated heterocycles. The summed E-state index contributed by atoms with van der Waals surface area (Å²) in [6, 6.07) is 0. The van der Waals surface area contributed by atoms with E-state index >= 15 is 0 Å². The number of nitrogens with zero attached hydrogens (tertiary/aromatic N) is 1. The van der Waals surface area contributed by atoms with Crippen molar-refractivity contribution < 1.29 is 24.2 Å². The lowest BCUT2D eigenvalue weighted by Crippen LogP contribution is -2.49. The van der Waals surface area contributed by atoms with E-state index in [1.54, 1.807) is 0 Å². The number of hydrogen-bond donors (Lipinski definition) is 1. The minimum absolute atomic E-state index is 0.137. The first-order valence-corrected chi connectivity index (χ1v) is 7.25. The molecule has 1 aliphatic carbocycles. The average Bonchev–Trinajstić information content (AvgIpc) is 2.81. The number of esters is 1. The maximum atomic E-state index is 11.5. The van der Waals surface area contributed by atoms with Crippen LogP contribution in [-0.4, -0.2) is 47.5 Å².